The number of aromatic carboxylic acids is 1. The molecule has 0 saturated carbocycles. The number of fused-ring (bicyclic) bond motifs is 1. The Morgan fingerprint density at radius 1 is 1.33 bits per heavy atom. The summed E-state index contributed by atoms with van der Waals surface area (Å²) in [4.78, 5) is 27.8. The predicted molar refractivity (Wildman–Crippen MR) is 79.3 cm³/mol. The zero-order chi connectivity index (χ0) is 15.8. The predicted octanol–water partition coefficient (Wildman–Crippen LogP) is 2.21. The number of amides is 1. The van der Waals surface area contributed by atoms with E-state index in [1.54, 1.807) is 23.6 Å². The molecule has 2 N–H and O–H groups in total. The number of rotatable bonds is 3. The van der Waals surface area contributed by atoms with E-state index in [9.17, 15) is 14.7 Å². The molecule has 1 unspecified atom stereocenters. The van der Waals surface area contributed by atoms with Crippen LogP contribution in [0.15, 0.2) is 24.5 Å². The lowest BCUT2D eigenvalue weighted by atomic mass is 10.1. The summed E-state index contributed by atoms with van der Waals surface area (Å²) >= 11 is 0. The number of imidazole rings is 1. The van der Waals surface area contributed by atoms with Gasteiger partial charge >= 0.3 is 5.97 Å². The molecule has 0 aliphatic heterocycles. The molecule has 0 bridgehead atoms. The van der Waals surface area contributed by atoms with E-state index >= 15 is 0 Å². The van der Waals surface area contributed by atoms with Crippen LogP contribution in [0.4, 0.5) is 0 Å². The van der Waals surface area contributed by atoms with Crippen LogP contribution >= 0.6 is 0 Å². The molecular weight excluding hydrogens is 270 g/mol. The normalized spacial score (nSPS) is 13.1. The molecule has 0 spiro atoms. The van der Waals surface area contributed by atoms with Crippen LogP contribution in [0.5, 0.6) is 0 Å². The Hall–Kier alpha value is -2.37. The van der Waals surface area contributed by atoms with Crippen molar-refractivity contribution in [1.29, 1.82) is 0 Å². The maximum Gasteiger partial charge on any atom is 0.337 e. The Morgan fingerprint density at radius 3 is 2.57 bits per heavy atom. The standard InChI is InChI=1S/C15H19N3O3/c1-9(13(19)17-15(2,3)4)18-8-16-11-7-5-6-10(12(11)18)14(20)21/h5-9H,1-4H3,(H,17,19)(H,20,21). The van der Waals surface area contributed by atoms with Crippen LogP contribution in [-0.2, 0) is 4.79 Å². The first kappa shape index (κ1) is 15.0. The first-order chi connectivity index (χ1) is 9.70. The number of carbonyl (C=O) groups excluding carboxylic acids is 1. The van der Waals surface area contributed by atoms with Crippen molar-refractivity contribution in [2.75, 3.05) is 0 Å². The smallest absolute Gasteiger partial charge is 0.337 e. The van der Waals surface area contributed by atoms with Gasteiger partial charge < -0.3 is 15.0 Å². The number of carboxylic acids is 1. The molecule has 6 heteroatoms. The third-order valence-electron chi connectivity index (χ3n) is 3.12. The second-order valence-corrected chi connectivity index (χ2v) is 6.05. The topological polar surface area (TPSA) is 84.2 Å². The Bertz CT molecular complexity index is 698. The SMILES string of the molecule is CC(C(=O)NC(C)(C)C)n1cnc2cccc(C(=O)O)c21. The quantitative estimate of drug-likeness (QED) is 0.907. The summed E-state index contributed by atoms with van der Waals surface area (Å²) in [5.41, 5.74) is 0.810. The van der Waals surface area contributed by atoms with E-state index in [0.717, 1.165) is 0 Å². The van der Waals surface area contributed by atoms with Crippen LogP contribution in [-0.4, -0.2) is 32.1 Å². The van der Waals surface area contributed by atoms with Gasteiger partial charge in [0.1, 0.15) is 6.04 Å². The van der Waals surface area contributed by atoms with Crippen LogP contribution in [0.25, 0.3) is 11.0 Å². The van der Waals surface area contributed by atoms with Gasteiger partial charge in [-0.2, -0.15) is 0 Å². The van der Waals surface area contributed by atoms with Crippen LogP contribution in [0, 0.1) is 0 Å². The minimum Gasteiger partial charge on any atom is -0.478 e. The number of hydrogen-bond acceptors (Lipinski definition) is 3. The maximum absolute atomic E-state index is 12.3. The van der Waals surface area contributed by atoms with E-state index in [-0.39, 0.29) is 17.0 Å². The highest BCUT2D eigenvalue weighted by molar-refractivity contribution is 6.01. The number of carbonyl (C=O) groups is 2. The molecule has 112 valence electrons. The Kier molecular flexibility index (Phi) is 3.72. The van der Waals surface area contributed by atoms with Gasteiger partial charge in [0.25, 0.3) is 0 Å². The summed E-state index contributed by atoms with van der Waals surface area (Å²) < 4.78 is 1.60. The van der Waals surface area contributed by atoms with Crippen molar-refractivity contribution in [3.8, 4) is 0 Å². The summed E-state index contributed by atoms with van der Waals surface area (Å²) in [6, 6.07) is 4.34. The molecule has 1 atom stereocenters. The summed E-state index contributed by atoms with van der Waals surface area (Å²) in [5, 5.41) is 12.2. The van der Waals surface area contributed by atoms with Crippen molar-refractivity contribution in [1.82, 2.24) is 14.9 Å². The maximum atomic E-state index is 12.3. The van der Waals surface area contributed by atoms with E-state index in [1.807, 2.05) is 20.8 Å². The minimum atomic E-state index is -1.04. The summed E-state index contributed by atoms with van der Waals surface area (Å²) in [7, 11) is 0. The van der Waals surface area contributed by atoms with E-state index in [2.05, 4.69) is 10.3 Å². The molecule has 1 heterocycles. The lowest BCUT2D eigenvalue weighted by molar-refractivity contribution is -0.125. The molecule has 1 aromatic heterocycles. The zero-order valence-electron chi connectivity index (χ0n) is 12.5. The number of benzene rings is 1. The zero-order valence-corrected chi connectivity index (χ0v) is 12.5. The van der Waals surface area contributed by atoms with Crippen molar-refractivity contribution in [2.45, 2.75) is 39.3 Å². The monoisotopic (exact) mass is 289 g/mol. The van der Waals surface area contributed by atoms with Gasteiger partial charge in [-0.05, 0) is 39.8 Å². The minimum absolute atomic E-state index is 0.139. The summed E-state index contributed by atoms with van der Waals surface area (Å²) in [5.74, 6) is -1.22. The number of aromatic nitrogens is 2. The van der Waals surface area contributed by atoms with Crippen LogP contribution in [0.1, 0.15) is 44.1 Å². The molecule has 0 fully saturated rings. The largest absolute Gasteiger partial charge is 0.478 e. The summed E-state index contributed by atoms with van der Waals surface area (Å²) in [6.07, 6.45) is 1.50. The van der Waals surface area contributed by atoms with Crippen molar-refractivity contribution in [3.05, 3.63) is 30.1 Å². The van der Waals surface area contributed by atoms with Gasteiger partial charge in [-0.25, -0.2) is 9.78 Å². The number of hydrogen-bond donors (Lipinski definition) is 2. The molecule has 6 nitrogen and oxygen atoms in total. The van der Waals surface area contributed by atoms with Gasteiger partial charge in [0.2, 0.25) is 5.91 Å². The van der Waals surface area contributed by atoms with Gasteiger partial charge in [-0.3, -0.25) is 4.79 Å². The molecule has 0 aliphatic carbocycles. The molecule has 1 aromatic carbocycles. The second kappa shape index (κ2) is 5.20. The average Bonchev–Trinajstić information content (AvgIpc) is 2.79. The van der Waals surface area contributed by atoms with Gasteiger partial charge in [-0.1, -0.05) is 6.07 Å². The highest BCUT2D eigenvalue weighted by Crippen LogP contribution is 2.22. The van der Waals surface area contributed by atoms with Crippen LogP contribution < -0.4 is 5.32 Å². The third kappa shape index (κ3) is 3.04. The number of nitrogens with one attached hydrogen (secondary N) is 1. The van der Waals surface area contributed by atoms with Crippen LogP contribution in [0.3, 0.4) is 0 Å². The molecule has 1 amide bonds. The van der Waals surface area contributed by atoms with Crippen molar-refractivity contribution in [3.63, 3.8) is 0 Å². The van der Waals surface area contributed by atoms with E-state index in [1.165, 1.54) is 12.4 Å². The molecule has 2 rings (SSSR count). The lowest BCUT2D eigenvalue weighted by Gasteiger charge is -2.24. The number of para-hydroxylation sites is 1. The van der Waals surface area contributed by atoms with Crippen molar-refractivity contribution < 1.29 is 14.7 Å². The highest BCUT2D eigenvalue weighted by Gasteiger charge is 2.23. The average molecular weight is 289 g/mol. The Labute approximate surface area is 122 Å². The van der Waals surface area contributed by atoms with Gasteiger partial charge in [0, 0.05) is 5.54 Å². The van der Waals surface area contributed by atoms with Crippen LogP contribution in [0.2, 0.25) is 0 Å². The number of nitrogens with zero attached hydrogens (tertiary/aromatic N) is 2. The van der Waals surface area contributed by atoms with E-state index in [4.69, 9.17) is 0 Å². The lowest BCUT2D eigenvalue weighted by Crippen LogP contribution is -2.43. The fraction of sp³-hybridized carbons (Fsp3) is 0.400. The second-order valence-electron chi connectivity index (χ2n) is 6.05. The molecular formula is C15H19N3O3. The Morgan fingerprint density at radius 2 is 2.00 bits per heavy atom. The molecule has 0 radical (unpaired) electrons. The molecule has 2 aromatic rings. The third-order valence-corrected chi connectivity index (χ3v) is 3.12. The van der Waals surface area contributed by atoms with Gasteiger partial charge in [-0.15, -0.1) is 0 Å². The fourth-order valence-corrected chi connectivity index (χ4v) is 2.16. The molecule has 0 saturated heterocycles. The highest BCUT2D eigenvalue weighted by atomic mass is 16.4. The number of carboxylic acid groups (broad SMARTS) is 1. The first-order valence-corrected chi connectivity index (χ1v) is 6.71. The first-order valence-electron chi connectivity index (χ1n) is 6.71. The molecule has 21 heavy (non-hydrogen) atoms. The van der Waals surface area contributed by atoms with Gasteiger partial charge in [0.15, 0.2) is 0 Å². The van der Waals surface area contributed by atoms with Crippen molar-refractivity contribution in [2.24, 2.45) is 0 Å². The Balaban J connectivity index is 2.47. The van der Waals surface area contributed by atoms with E-state index < -0.39 is 12.0 Å². The summed E-state index contributed by atoms with van der Waals surface area (Å²) in [6.45, 7) is 7.41. The van der Waals surface area contributed by atoms with Gasteiger partial charge in [0.05, 0.1) is 22.9 Å². The van der Waals surface area contributed by atoms with Crippen molar-refractivity contribution >= 4 is 22.9 Å². The van der Waals surface area contributed by atoms with E-state index in [0.29, 0.717) is 11.0 Å². The fourth-order valence-electron chi connectivity index (χ4n) is 2.16. The molecule has 0 aliphatic rings.